The molecule has 0 radical (unpaired) electrons. The van der Waals surface area contributed by atoms with Crippen LogP contribution in [-0.4, -0.2) is 11.1 Å². The van der Waals surface area contributed by atoms with E-state index in [2.05, 4.69) is 32.0 Å². The molecule has 0 saturated heterocycles. The van der Waals surface area contributed by atoms with E-state index in [0.717, 1.165) is 26.6 Å². The van der Waals surface area contributed by atoms with Crippen molar-refractivity contribution in [3.8, 4) is 0 Å². The van der Waals surface area contributed by atoms with Gasteiger partial charge in [0.05, 0.1) is 0 Å². The summed E-state index contributed by atoms with van der Waals surface area (Å²) < 4.78 is 0. The fourth-order valence-corrected chi connectivity index (χ4v) is 4.33. The molecular weight excluding hydrogens is 251 g/mol. The van der Waals surface area contributed by atoms with Crippen molar-refractivity contribution >= 4 is 13.7 Å². The summed E-state index contributed by atoms with van der Waals surface area (Å²) in [7, 11) is 1.04. The van der Waals surface area contributed by atoms with Crippen molar-refractivity contribution < 1.29 is 5.11 Å². The Morgan fingerprint density at radius 3 is 2.21 bits per heavy atom. The van der Waals surface area contributed by atoms with E-state index in [1.165, 1.54) is 43.2 Å². The molecule has 0 aliphatic heterocycles. The Kier molecular flexibility index (Phi) is 5.60. The number of hydrogen-bond acceptors (Lipinski definition) is 1. The lowest BCUT2D eigenvalue weighted by molar-refractivity contribution is -0.207. The molecule has 1 nitrogen and oxygen atoms in total. The molecule has 1 saturated carbocycles. The first kappa shape index (κ1) is 14.8. The Bertz CT molecular complexity index is 422. The molecular formula is C17H24OP-. The maximum absolute atomic E-state index is 12.7. The van der Waals surface area contributed by atoms with E-state index in [9.17, 15) is 5.11 Å². The van der Waals surface area contributed by atoms with Gasteiger partial charge in [-0.25, -0.2) is 0 Å². The predicted octanol–water partition coefficient (Wildman–Crippen LogP) is 3.93. The summed E-state index contributed by atoms with van der Waals surface area (Å²) in [6.07, 6.45) is 8.35. The van der Waals surface area contributed by atoms with Crippen LogP contribution in [0, 0.1) is 0 Å². The molecule has 1 aromatic carbocycles. The minimum atomic E-state index is 0.362. The van der Waals surface area contributed by atoms with Crippen LogP contribution in [0.2, 0.25) is 0 Å². The molecule has 0 aromatic heterocycles. The van der Waals surface area contributed by atoms with E-state index in [1.54, 1.807) is 0 Å². The topological polar surface area (TPSA) is 23.1 Å². The summed E-state index contributed by atoms with van der Waals surface area (Å²) in [6.45, 7) is 4.28. The van der Waals surface area contributed by atoms with E-state index in [0.29, 0.717) is 11.1 Å². The van der Waals surface area contributed by atoms with Crippen LogP contribution in [0.25, 0.3) is 0 Å². The third-order valence-electron chi connectivity index (χ3n) is 4.09. The van der Waals surface area contributed by atoms with Crippen molar-refractivity contribution in [3.05, 3.63) is 34.9 Å². The molecule has 0 amide bonds. The van der Waals surface area contributed by atoms with Gasteiger partial charge in [-0.15, -0.1) is 13.7 Å². The highest BCUT2D eigenvalue weighted by molar-refractivity contribution is 7.41. The van der Waals surface area contributed by atoms with Gasteiger partial charge in [0, 0.05) is 0 Å². The maximum atomic E-state index is 12.7. The molecule has 1 fully saturated rings. The average Bonchev–Trinajstić information content (AvgIpc) is 2.47. The van der Waals surface area contributed by atoms with Crippen molar-refractivity contribution in [3.63, 3.8) is 0 Å². The van der Waals surface area contributed by atoms with Gasteiger partial charge in [-0.05, 0) is 48.0 Å². The van der Waals surface area contributed by atoms with E-state index >= 15 is 0 Å². The van der Waals surface area contributed by atoms with Crippen LogP contribution >= 0.6 is 8.20 Å². The van der Waals surface area contributed by atoms with Crippen LogP contribution in [0.1, 0.15) is 62.6 Å². The number of hydrogen-bond donors (Lipinski definition) is 0. The van der Waals surface area contributed by atoms with Gasteiger partial charge in [0.2, 0.25) is 0 Å². The van der Waals surface area contributed by atoms with Crippen LogP contribution in [-0.2, 0) is 12.8 Å². The highest BCUT2D eigenvalue weighted by atomic mass is 31.1. The minimum absolute atomic E-state index is 0.362. The molecule has 0 unspecified atom stereocenters. The van der Waals surface area contributed by atoms with Crippen LogP contribution in [0.3, 0.4) is 0 Å². The zero-order chi connectivity index (χ0) is 13.7. The number of rotatable bonds is 4. The molecule has 0 spiro atoms. The van der Waals surface area contributed by atoms with Gasteiger partial charge < -0.3 is 5.11 Å². The average molecular weight is 275 g/mol. The Morgan fingerprint density at radius 1 is 1.11 bits per heavy atom. The summed E-state index contributed by atoms with van der Waals surface area (Å²) in [5, 5.41) is 12.7. The summed E-state index contributed by atoms with van der Waals surface area (Å²) in [5.41, 5.74) is 4.46. The Hall–Kier alpha value is -0.650. The van der Waals surface area contributed by atoms with Crippen molar-refractivity contribution in [2.45, 2.75) is 64.5 Å². The standard InChI is InChI=1S/C17H25OP/c1-3-13-9-8-10-14(4-2)16(13)17(18)19-15-11-6-5-7-12-15/h8-10,15,18H,3-7,11-12H2,1-2H3/p-1. The van der Waals surface area contributed by atoms with Crippen molar-refractivity contribution in [1.29, 1.82) is 0 Å². The molecule has 19 heavy (non-hydrogen) atoms. The summed E-state index contributed by atoms with van der Waals surface area (Å²) in [5.74, 6) is 0. The molecule has 1 aliphatic rings. The van der Waals surface area contributed by atoms with Gasteiger partial charge in [-0.3, -0.25) is 0 Å². The molecule has 0 bridgehead atoms. The van der Waals surface area contributed by atoms with Gasteiger partial charge in [-0.1, -0.05) is 51.3 Å². The highest BCUT2D eigenvalue weighted by Gasteiger charge is 2.12. The first-order chi connectivity index (χ1) is 9.26. The van der Waals surface area contributed by atoms with Gasteiger partial charge in [0.1, 0.15) is 0 Å². The van der Waals surface area contributed by atoms with Gasteiger partial charge in [-0.2, -0.15) is 0 Å². The lowest BCUT2D eigenvalue weighted by Crippen LogP contribution is -2.22. The lowest BCUT2D eigenvalue weighted by atomic mass is 9.98. The highest BCUT2D eigenvalue weighted by Crippen LogP contribution is 2.30. The Morgan fingerprint density at radius 2 is 1.68 bits per heavy atom. The maximum Gasteiger partial charge on any atom is -0.0000723 e. The summed E-state index contributed by atoms with van der Waals surface area (Å²) in [4.78, 5) is 0. The zero-order valence-electron chi connectivity index (χ0n) is 12.1. The van der Waals surface area contributed by atoms with E-state index in [1.807, 2.05) is 0 Å². The fraction of sp³-hybridized carbons (Fsp3) is 0.588. The van der Waals surface area contributed by atoms with Gasteiger partial charge in [0.25, 0.3) is 0 Å². The normalized spacial score (nSPS) is 17.7. The second-order valence-electron chi connectivity index (χ2n) is 5.38. The van der Waals surface area contributed by atoms with Crippen LogP contribution < -0.4 is 5.11 Å². The molecule has 104 valence electrons. The SMILES string of the molecule is CCc1cccc(CC)c1C([O-])=PC1CCCCC1. The van der Waals surface area contributed by atoms with Crippen molar-refractivity contribution in [1.82, 2.24) is 0 Å². The molecule has 2 heteroatoms. The lowest BCUT2D eigenvalue weighted by Gasteiger charge is -2.24. The Balaban J connectivity index is 2.30. The summed E-state index contributed by atoms with van der Waals surface area (Å²) in [6, 6.07) is 6.32. The minimum Gasteiger partial charge on any atom is -0.824 e. The number of benzene rings is 1. The number of aryl methyl sites for hydroxylation is 2. The van der Waals surface area contributed by atoms with E-state index < -0.39 is 0 Å². The van der Waals surface area contributed by atoms with E-state index in [-0.39, 0.29) is 0 Å². The molecule has 0 heterocycles. The van der Waals surface area contributed by atoms with Crippen LogP contribution in [0.5, 0.6) is 0 Å². The molecule has 1 aliphatic carbocycles. The molecule has 0 atom stereocenters. The predicted molar refractivity (Wildman–Crippen MR) is 83.1 cm³/mol. The smallest absolute Gasteiger partial charge is 0.0000723 e. The molecule has 2 rings (SSSR count). The zero-order valence-corrected chi connectivity index (χ0v) is 13.0. The first-order valence-corrected chi connectivity index (χ1v) is 8.58. The third-order valence-corrected chi connectivity index (χ3v) is 5.43. The van der Waals surface area contributed by atoms with Crippen LogP contribution in [0.15, 0.2) is 18.2 Å². The fourth-order valence-electron chi connectivity index (χ4n) is 2.96. The first-order valence-electron chi connectivity index (χ1n) is 7.62. The largest absolute Gasteiger partial charge is 0.824 e. The third kappa shape index (κ3) is 3.68. The molecule has 0 N–H and O–H groups in total. The Labute approximate surface area is 118 Å². The van der Waals surface area contributed by atoms with Gasteiger partial charge >= 0.3 is 0 Å². The van der Waals surface area contributed by atoms with Crippen molar-refractivity contribution in [2.75, 3.05) is 0 Å². The molecule has 1 aromatic rings. The van der Waals surface area contributed by atoms with E-state index in [4.69, 9.17) is 0 Å². The monoisotopic (exact) mass is 275 g/mol. The second-order valence-corrected chi connectivity index (χ2v) is 6.78. The van der Waals surface area contributed by atoms with Gasteiger partial charge in [0.15, 0.2) is 0 Å². The second kappa shape index (κ2) is 7.22. The summed E-state index contributed by atoms with van der Waals surface area (Å²) >= 11 is 0. The quantitative estimate of drug-likeness (QED) is 0.764. The van der Waals surface area contributed by atoms with Crippen molar-refractivity contribution in [2.24, 2.45) is 0 Å². The van der Waals surface area contributed by atoms with Crippen LogP contribution in [0.4, 0.5) is 0 Å².